The molecule has 0 N–H and O–H groups in total. The number of hydrogen-bond acceptors (Lipinski definition) is 2. The lowest BCUT2D eigenvalue weighted by Crippen LogP contribution is -2.10. The molecule has 0 fully saturated rings. The molecular weight excluding hydrogens is 669 g/mol. The molecular formula is C52H34N2O. The molecule has 2 heterocycles. The minimum Gasteiger partial charge on any atom is -0.455 e. The van der Waals surface area contributed by atoms with E-state index in [1.54, 1.807) is 4.90 Å². The van der Waals surface area contributed by atoms with Gasteiger partial charge in [-0.05, 0) is 76.7 Å². The summed E-state index contributed by atoms with van der Waals surface area (Å²) in [5, 5.41) is -0.834. The smallest absolute Gasteiger partial charge is 0.143 e. The standard InChI is InChI=1S/C52H34N2O/c1-3-14-35(15-4-1)37-26-30-39(31-27-37)53(40-32-28-38(29-33-40)36-16-5-2-6-17-36)49-34-45-51-48(24-13-25-50(51)55-52(45)44-21-8-7-20-43(44)49)54-46-22-11-9-18-41(46)42-19-10-12-23-47(42)54/h1-34H/i7D,8D,9D,10D,11D,12D,13D,18D,20D,21D,22D,23D,24D,25D,34D. The molecule has 0 aliphatic carbocycles. The van der Waals surface area contributed by atoms with Crippen molar-refractivity contribution >= 4 is 71.6 Å². The van der Waals surface area contributed by atoms with Crippen LogP contribution in [-0.2, 0) is 0 Å². The zero-order valence-electron chi connectivity index (χ0n) is 43.8. The largest absolute Gasteiger partial charge is 0.455 e. The molecule has 55 heavy (non-hydrogen) atoms. The molecule has 3 heteroatoms. The SMILES string of the molecule is [2H]c1cc2c3c([2H])c([2H])c([2H])c([2H])c3n(-c3c([2H])c([2H])c([2H])c4oc5c6c([2H])c([2H])c([2H])c([2H])c6c(N(c6ccc(-c7ccccc7)cc6)c6ccc(-c7ccccc7)cc6)c([2H])c5c34)c2c([2H])c1[2H]. The predicted octanol–water partition coefficient (Wildman–Crippen LogP) is 14.6. The molecule has 0 saturated carbocycles. The lowest BCUT2D eigenvalue weighted by Gasteiger charge is -2.27. The third kappa shape index (κ3) is 5.05. The summed E-state index contributed by atoms with van der Waals surface area (Å²) >= 11 is 0. The van der Waals surface area contributed by atoms with E-state index in [-0.39, 0.29) is 65.9 Å². The van der Waals surface area contributed by atoms with Gasteiger partial charge >= 0.3 is 0 Å². The van der Waals surface area contributed by atoms with Gasteiger partial charge in [0.15, 0.2) is 0 Å². The van der Waals surface area contributed by atoms with E-state index >= 15 is 0 Å². The lowest BCUT2D eigenvalue weighted by atomic mass is 10.00. The van der Waals surface area contributed by atoms with Gasteiger partial charge in [0.25, 0.3) is 0 Å². The van der Waals surface area contributed by atoms with Gasteiger partial charge in [-0.3, -0.25) is 0 Å². The van der Waals surface area contributed by atoms with Crippen molar-refractivity contribution in [3.8, 4) is 27.9 Å². The van der Waals surface area contributed by atoms with Crippen LogP contribution in [0.3, 0.4) is 0 Å². The normalized spacial score (nSPS) is 15.5. The highest BCUT2D eigenvalue weighted by Crippen LogP contribution is 2.47. The Morgan fingerprint density at radius 1 is 0.436 bits per heavy atom. The van der Waals surface area contributed by atoms with Crippen molar-refractivity contribution in [3.63, 3.8) is 0 Å². The topological polar surface area (TPSA) is 21.3 Å². The molecule has 0 atom stereocenters. The van der Waals surface area contributed by atoms with Crippen LogP contribution in [0.1, 0.15) is 20.6 Å². The van der Waals surface area contributed by atoms with E-state index in [2.05, 4.69) is 0 Å². The summed E-state index contributed by atoms with van der Waals surface area (Å²) in [5.41, 5.74) is 3.00. The van der Waals surface area contributed by atoms with Gasteiger partial charge in [0.2, 0.25) is 0 Å². The number of furan rings is 1. The van der Waals surface area contributed by atoms with Crippen molar-refractivity contribution in [2.24, 2.45) is 0 Å². The van der Waals surface area contributed by atoms with Crippen molar-refractivity contribution in [1.82, 2.24) is 4.57 Å². The summed E-state index contributed by atoms with van der Waals surface area (Å²) in [7, 11) is 0. The Bertz CT molecular complexity index is 3960. The third-order valence-electron chi connectivity index (χ3n) is 9.92. The van der Waals surface area contributed by atoms with Crippen LogP contribution in [0.4, 0.5) is 17.1 Å². The predicted molar refractivity (Wildman–Crippen MR) is 231 cm³/mol. The van der Waals surface area contributed by atoms with Gasteiger partial charge in [-0.25, -0.2) is 0 Å². The summed E-state index contributed by atoms with van der Waals surface area (Å²) in [6.07, 6.45) is 0. The van der Waals surface area contributed by atoms with E-state index in [0.29, 0.717) is 11.4 Å². The molecule has 0 aliphatic rings. The summed E-state index contributed by atoms with van der Waals surface area (Å²) < 4.78 is 145. The van der Waals surface area contributed by atoms with Gasteiger partial charge in [-0.1, -0.05) is 151 Å². The average Bonchev–Trinajstić information content (AvgIpc) is 3.94. The summed E-state index contributed by atoms with van der Waals surface area (Å²) in [5.74, 6) is 0. The van der Waals surface area contributed by atoms with Crippen molar-refractivity contribution < 1.29 is 25.0 Å². The Morgan fingerprint density at radius 3 is 1.64 bits per heavy atom. The highest BCUT2D eigenvalue weighted by Gasteiger charge is 2.23. The molecule has 0 radical (unpaired) electrons. The van der Waals surface area contributed by atoms with Crippen LogP contribution in [0.2, 0.25) is 0 Å². The number of fused-ring (bicyclic) bond motifs is 8. The van der Waals surface area contributed by atoms with E-state index in [0.717, 1.165) is 26.8 Å². The second-order valence-electron chi connectivity index (χ2n) is 13.0. The monoisotopic (exact) mass is 717 g/mol. The maximum atomic E-state index is 10.4. The first-order valence-electron chi connectivity index (χ1n) is 25.0. The molecule has 0 aliphatic heterocycles. The van der Waals surface area contributed by atoms with Crippen LogP contribution in [-0.4, -0.2) is 4.57 Å². The fraction of sp³-hybridized carbons (Fsp3) is 0. The maximum Gasteiger partial charge on any atom is 0.143 e. The minimum absolute atomic E-state index is 0.0229. The minimum atomic E-state index is -0.705. The van der Waals surface area contributed by atoms with E-state index in [1.807, 2.05) is 109 Å². The molecule has 2 aromatic heterocycles. The van der Waals surface area contributed by atoms with Crippen LogP contribution < -0.4 is 4.90 Å². The first-order chi connectivity index (χ1) is 33.5. The van der Waals surface area contributed by atoms with E-state index in [9.17, 15) is 9.60 Å². The Kier molecular flexibility index (Phi) is 4.52. The maximum absolute atomic E-state index is 10.4. The Hall–Kier alpha value is -7.36. The van der Waals surface area contributed by atoms with Gasteiger partial charge in [0.05, 0.1) is 48.4 Å². The van der Waals surface area contributed by atoms with Gasteiger partial charge in [0, 0.05) is 38.3 Å². The summed E-state index contributed by atoms with van der Waals surface area (Å²) in [4.78, 5) is 1.69. The number of nitrogens with zero attached hydrogens (tertiary/aromatic N) is 2. The number of rotatable bonds is 6. The summed E-state index contributed by atoms with van der Waals surface area (Å²) in [6, 6.07) is 26.7. The van der Waals surface area contributed by atoms with Gasteiger partial charge in [0.1, 0.15) is 11.2 Å². The number of hydrogen-bond donors (Lipinski definition) is 0. The van der Waals surface area contributed by atoms with Crippen LogP contribution in [0.15, 0.2) is 210 Å². The zero-order chi connectivity index (χ0) is 49.3. The lowest BCUT2D eigenvalue weighted by molar-refractivity contribution is 0.672. The van der Waals surface area contributed by atoms with E-state index in [4.69, 9.17) is 15.4 Å². The van der Waals surface area contributed by atoms with Crippen molar-refractivity contribution in [2.75, 3.05) is 4.90 Å². The second kappa shape index (κ2) is 12.6. The third-order valence-corrected chi connectivity index (χ3v) is 9.92. The van der Waals surface area contributed by atoms with Crippen LogP contribution in [0, 0.1) is 0 Å². The Balaban J connectivity index is 1.35. The molecule has 11 rings (SSSR count). The number of benzene rings is 9. The van der Waals surface area contributed by atoms with Crippen molar-refractivity contribution in [3.05, 3.63) is 206 Å². The van der Waals surface area contributed by atoms with Gasteiger partial charge in [-0.15, -0.1) is 0 Å². The quantitative estimate of drug-likeness (QED) is 0.171. The zero-order valence-corrected chi connectivity index (χ0v) is 28.8. The molecule has 0 bridgehead atoms. The van der Waals surface area contributed by atoms with Gasteiger partial charge in [-0.2, -0.15) is 0 Å². The van der Waals surface area contributed by atoms with Crippen LogP contribution >= 0.6 is 0 Å². The second-order valence-corrected chi connectivity index (χ2v) is 13.0. The molecule has 9 aromatic carbocycles. The molecule has 258 valence electrons. The molecule has 0 saturated heterocycles. The molecule has 0 spiro atoms. The van der Waals surface area contributed by atoms with Crippen molar-refractivity contribution in [2.45, 2.75) is 0 Å². The molecule has 3 nitrogen and oxygen atoms in total. The van der Waals surface area contributed by atoms with E-state index < -0.39 is 90.6 Å². The first kappa shape index (κ1) is 19.6. The number of para-hydroxylation sites is 2. The number of aromatic nitrogens is 1. The average molecular weight is 718 g/mol. The fourth-order valence-corrected chi connectivity index (χ4v) is 7.41. The van der Waals surface area contributed by atoms with Crippen LogP contribution in [0.25, 0.3) is 82.5 Å². The fourth-order valence-electron chi connectivity index (χ4n) is 7.41. The number of anilines is 3. The first-order valence-corrected chi connectivity index (χ1v) is 17.5. The van der Waals surface area contributed by atoms with E-state index in [1.165, 1.54) is 6.07 Å². The Labute approximate surface area is 339 Å². The molecule has 0 unspecified atom stereocenters. The highest BCUT2D eigenvalue weighted by atomic mass is 16.3. The summed E-state index contributed by atoms with van der Waals surface area (Å²) in [6.45, 7) is 0. The highest BCUT2D eigenvalue weighted by molar-refractivity contribution is 6.22. The molecule has 0 amide bonds. The van der Waals surface area contributed by atoms with Crippen molar-refractivity contribution in [1.29, 1.82) is 0 Å². The van der Waals surface area contributed by atoms with Crippen LogP contribution in [0.5, 0.6) is 0 Å². The van der Waals surface area contributed by atoms with Gasteiger partial charge < -0.3 is 13.9 Å². The molecule has 11 aromatic rings. The Morgan fingerprint density at radius 2 is 0.982 bits per heavy atom.